The van der Waals surface area contributed by atoms with Crippen molar-refractivity contribution in [3.05, 3.63) is 59.2 Å². The molecule has 2 aromatic rings. The first-order chi connectivity index (χ1) is 16.8. The molecule has 1 saturated heterocycles. The topological polar surface area (TPSA) is 88.5 Å². The predicted octanol–water partition coefficient (Wildman–Crippen LogP) is 3.87. The van der Waals surface area contributed by atoms with Crippen LogP contribution < -0.4 is 14.2 Å². The van der Waals surface area contributed by atoms with Crippen LogP contribution in [0.25, 0.3) is 5.76 Å². The SMILES string of the molecule is CCCCOc1ccc(/C(O)=C2\C(=O)C(=O)N(CCN(C)C)[C@@H]2c2cc(OC)ccc2OC)cc1. The number of Topliss-reactive ketones (excluding diaryl/α,β-unsaturated/α-hetero) is 1. The van der Waals surface area contributed by atoms with E-state index in [2.05, 4.69) is 6.92 Å². The lowest BCUT2D eigenvalue weighted by Crippen LogP contribution is -2.35. The minimum Gasteiger partial charge on any atom is -0.507 e. The summed E-state index contributed by atoms with van der Waals surface area (Å²) < 4.78 is 16.7. The van der Waals surface area contributed by atoms with Crippen molar-refractivity contribution in [3.8, 4) is 17.2 Å². The lowest BCUT2D eigenvalue weighted by Gasteiger charge is -2.28. The lowest BCUT2D eigenvalue weighted by molar-refractivity contribution is -0.140. The Morgan fingerprint density at radius 3 is 2.31 bits per heavy atom. The summed E-state index contributed by atoms with van der Waals surface area (Å²) >= 11 is 0. The molecule has 1 aliphatic heterocycles. The summed E-state index contributed by atoms with van der Waals surface area (Å²) in [4.78, 5) is 29.8. The third-order valence-corrected chi connectivity index (χ3v) is 5.95. The molecule has 0 radical (unpaired) electrons. The summed E-state index contributed by atoms with van der Waals surface area (Å²) in [6, 6.07) is 11.2. The van der Waals surface area contributed by atoms with Crippen molar-refractivity contribution in [2.45, 2.75) is 25.8 Å². The molecule has 0 unspecified atom stereocenters. The van der Waals surface area contributed by atoms with Crippen molar-refractivity contribution in [2.75, 3.05) is 48.0 Å². The third kappa shape index (κ3) is 5.77. The van der Waals surface area contributed by atoms with E-state index in [1.165, 1.54) is 12.0 Å². The van der Waals surface area contributed by atoms with Gasteiger partial charge in [-0.1, -0.05) is 13.3 Å². The predicted molar refractivity (Wildman–Crippen MR) is 134 cm³/mol. The largest absolute Gasteiger partial charge is 0.507 e. The summed E-state index contributed by atoms with van der Waals surface area (Å²) in [6.45, 7) is 3.53. The van der Waals surface area contributed by atoms with Gasteiger partial charge in [-0.25, -0.2) is 0 Å². The Balaban J connectivity index is 2.11. The van der Waals surface area contributed by atoms with Gasteiger partial charge in [0.1, 0.15) is 23.0 Å². The zero-order chi connectivity index (χ0) is 25.5. The van der Waals surface area contributed by atoms with Crippen LogP contribution in [0, 0.1) is 0 Å². The first kappa shape index (κ1) is 26.1. The number of carbonyl (C=O) groups is 2. The smallest absolute Gasteiger partial charge is 0.295 e. The Morgan fingerprint density at radius 1 is 1.03 bits per heavy atom. The van der Waals surface area contributed by atoms with Crippen molar-refractivity contribution < 1.29 is 28.9 Å². The molecule has 3 rings (SSSR count). The first-order valence-corrected chi connectivity index (χ1v) is 11.7. The number of hydrogen-bond acceptors (Lipinski definition) is 7. The normalized spacial score (nSPS) is 17.2. The van der Waals surface area contributed by atoms with E-state index >= 15 is 0 Å². The zero-order valence-corrected chi connectivity index (χ0v) is 21.0. The minimum atomic E-state index is -0.833. The average molecular weight is 483 g/mol. The van der Waals surface area contributed by atoms with E-state index in [0.29, 0.717) is 48.1 Å². The van der Waals surface area contributed by atoms with Crippen LogP contribution in [0.4, 0.5) is 0 Å². The van der Waals surface area contributed by atoms with Gasteiger partial charge in [0, 0.05) is 24.2 Å². The number of unbranched alkanes of at least 4 members (excludes halogenated alkanes) is 1. The van der Waals surface area contributed by atoms with Gasteiger partial charge >= 0.3 is 0 Å². The summed E-state index contributed by atoms with van der Waals surface area (Å²) in [5, 5.41) is 11.3. The fraction of sp³-hybridized carbons (Fsp3) is 0.407. The number of likely N-dealkylation sites (tertiary alicyclic amines) is 1. The number of amides is 1. The number of carbonyl (C=O) groups excluding carboxylic acids is 2. The van der Waals surface area contributed by atoms with Crippen LogP contribution in [0.5, 0.6) is 17.2 Å². The van der Waals surface area contributed by atoms with Crippen molar-refractivity contribution >= 4 is 17.4 Å². The molecule has 1 fully saturated rings. The van der Waals surface area contributed by atoms with Gasteiger partial charge < -0.3 is 29.1 Å². The Labute approximate surface area is 206 Å². The summed E-state index contributed by atoms with van der Waals surface area (Å²) in [5.74, 6) is 0.0611. The number of ketones is 1. The number of rotatable bonds is 11. The molecule has 8 heteroatoms. The highest BCUT2D eigenvalue weighted by atomic mass is 16.5. The van der Waals surface area contributed by atoms with Crippen LogP contribution in [0.1, 0.15) is 36.9 Å². The number of hydrogen-bond donors (Lipinski definition) is 1. The van der Waals surface area contributed by atoms with Crippen LogP contribution >= 0.6 is 0 Å². The van der Waals surface area contributed by atoms with Gasteiger partial charge in [-0.15, -0.1) is 0 Å². The molecular formula is C27H34N2O6. The molecule has 1 amide bonds. The van der Waals surface area contributed by atoms with Crippen molar-refractivity contribution in [3.63, 3.8) is 0 Å². The maximum atomic E-state index is 13.2. The molecule has 0 aliphatic carbocycles. The van der Waals surface area contributed by atoms with Crippen molar-refractivity contribution in [1.82, 2.24) is 9.80 Å². The van der Waals surface area contributed by atoms with Gasteiger partial charge in [0.2, 0.25) is 0 Å². The van der Waals surface area contributed by atoms with Gasteiger partial charge in [-0.2, -0.15) is 0 Å². The molecule has 8 nitrogen and oxygen atoms in total. The second kappa shape index (κ2) is 11.8. The van der Waals surface area contributed by atoms with Crippen LogP contribution in [-0.2, 0) is 9.59 Å². The summed E-state index contributed by atoms with van der Waals surface area (Å²) in [6.07, 6.45) is 1.97. The molecule has 0 spiro atoms. The fourth-order valence-corrected chi connectivity index (χ4v) is 3.99. The van der Waals surface area contributed by atoms with E-state index in [4.69, 9.17) is 14.2 Å². The molecular weight excluding hydrogens is 448 g/mol. The van der Waals surface area contributed by atoms with E-state index in [-0.39, 0.29) is 11.3 Å². The van der Waals surface area contributed by atoms with Crippen LogP contribution in [0.15, 0.2) is 48.0 Å². The van der Waals surface area contributed by atoms with Crippen LogP contribution in [-0.4, -0.2) is 74.6 Å². The second-order valence-electron chi connectivity index (χ2n) is 8.63. The standard InChI is InChI=1S/C27H34N2O6/c1-6-7-16-35-19-10-8-18(9-11-19)25(30)23-24(21-17-20(33-4)12-13-22(21)34-5)29(15-14-28(2)3)27(32)26(23)31/h8-13,17,24,30H,6-7,14-16H2,1-5H3/b25-23+/t24-/m1/s1. The Bertz CT molecular complexity index is 1080. The molecule has 1 aliphatic rings. The lowest BCUT2D eigenvalue weighted by atomic mass is 9.94. The van der Waals surface area contributed by atoms with E-state index in [1.54, 1.807) is 49.6 Å². The second-order valence-corrected chi connectivity index (χ2v) is 8.63. The number of ether oxygens (including phenoxy) is 3. The Hall–Kier alpha value is -3.52. The van der Waals surface area contributed by atoms with Gasteiger partial charge in [0.05, 0.1) is 32.4 Å². The number of nitrogens with zero attached hydrogens (tertiary/aromatic N) is 2. The van der Waals surface area contributed by atoms with Crippen LogP contribution in [0.3, 0.4) is 0 Å². The molecule has 1 heterocycles. The molecule has 0 bridgehead atoms. The third-order valence-electron chi connectivity index (χ3n) is 5.95. The van der Waals surface area contributed by atoms with E-state index in [0.717, 1.165) is 12.8 Å². The highest BCUT2D eigenvalue weighted by Crippen LogP contribution is 2.43. The number of aliphatic hydroxyl groups is 1. The highest BCUT2D eigenvalue weighted by molar-refractivity contribution is 6.46. The van der Waals surface area contributed by atoms with Gasteiger partial charge in [-0.05, 0) is 63.0 Å². The minimum absolute atomic E-state index is 0.0139. The molecule has 35 heavy (non-hydrogen) atoms. The Kier molecular flexibility index (Phi) is 8.76. The maximum Gasteiger partial charge on any atom is 0.295 e. The molecule has 1 atom stereocenters. The molecule has 0 aromatic heterocycles. The monoisotopic (exact) mass is 482 g/mol. The molecule has 0 saturated carbocycles. The van der Waals surface area contributed by atoms with E-state index in [9.17, 15) is 14.7 Å². The van der Waals surface area contributed by atoms with Gasteiger partial charge in [-0.3, -0.25) is 9.59 Å². The molecule has 1 N–H and O–H groups in total. The zero-order valence-electron chi connectivity index (χ0n) is 21.0. The first-order valence-electron chi connectivity index (χ1n) is 11.7. The molecule has 188 valence electrons. The fourth-order valence-electron chi connectivity index (χ4n) is 3.99. The van der Waals surface area contributed by atoms with Gasteiger partial charge in [0.25, 0.3) is 11.7 Å². The summed E-state index contributed by atoms with van der Waals surface area (Å²) in [5.41, 5.74) is 0.996. The van der Waals surface area contributed by atoms with Crippen molar-refractivity contribution in [2.24, 2.45) is 0 Å². The number of likely N-dealkylation sites (N-methyl/N-ethyl adjacent to an activating group) is 1. The Morgan fingerprint density at radius 2 is 1.71 bits per heavy atom. The summed E-state index contributed by atoms with van der Waals surface area (Å²) in [7, 11) is 6.84. The van der Waals surface area contributed by atoms with Crippen molar-refractivity contribution in [1.29, 1.82) is 0 Å². The van der Waals surface area contributed by atoms with E-state index in [1.807, 2.05) is 19.0 Å². The number of methoxy groups -OCH3 is 2. The molecule has 2 aromatic carbocycles. The highest BCUT2D eigenvalue weighted by Gasteiger charge is 2.47. The van der Waals surface area contributed by atoms with Gasteiger partial charge in [0.15, 0.2) is 0 Å². The van der Waals surface area contributed by atoms with E-state index < -0.39 is 17.7 Å². The number of benzene rings is 2. The van der Waals surface area contributed by atoms with Crippen LogP contribution in [0.2, 0.25) is 0 Å². The number of aliphatic hydroxyl groups excluding tert-OH is 1. The maximum absolute atomic E-state index is 13.2. The quantitative estimate of drug-likeness (QED) is 0.225. The average Bonchev–Trinajstić information content (AvgIpc) is 3.11.